The predicted octanol–water partition coefficient (Wildman–Crippen LogP) is 1.54. The van der Waals surface area contributed by atoms with E-state index in [9.17, 15) is 4.79 Å². The highest BCUT2D eigenvalue weighted by molar-refractivity contribution is 5.76. The third-order valence-electron chi connectivity index (χ3n) is 4.59. The van der Waals surface area contributed by atoms with Crippen molar-refractivity contribution in [1.82, 2.24) is 15.1 Å². The minimum absolute atomic E-state index is 0.0150. The number of aromatic nitrogens is 2. The van der Waals surface area contributed by atoms with E-state index in [4.69, 9.17) is 9.47 Å². The molecule has 1 saturated carbocycles. The summed E-state index contributed by atoms with van der Waals surface area (Å²) >= 11 is 0. The van der Waals surface area contributed by atoms with Crippen LogP contribution >= 0.6 is 0 Å². The van der Waals surface area contributed by atoms with Gasteiger partial charge in [-0.25, -0.2) is 0 Å². The van der Waals surface area contributed by atoms with Gasteiger partial charge in [0.25, 0.3) is 0 Å². The third kappa shape index (κ3) is 3.67. The molecule has 1 spiro atoms. The summed E-state index contributed by atoms with van der Waals surface area (Å²) in [5.74, 6) is -0.308. The van der Waals surface area contributed by atoms with Crippen LogP contribution < -0.4 is 5.32 Å². The lowest BCUT2D eigenvalue weighted by Gasteiger charge is -2.31. The van der Waals surface area contributed by atoms with Crippen molar-refractivity contribution in [3.05, 3.63) is 18.0 Å². The molecule has 1 aromatic heterocycles. The van der Waals surface area contributed by atoms with Gasteiger partial charge >= 0.3 is 0 Å². The molecule has 122 valence electrons. The maximum Gasteiger partial charge on any atom is 0.220 e. The summed E-state index contributed by atoms with van der Waals surface area (Å²) in [4.78, 5) is 11.9. The first-order valence-corrected chi connectivity index (χ1v) is 8.22. The number of hydrogen-bond acceptors (Lipinski definition) is 4. The number of carbonyl (C=O) groups excluding carboxylic acids is 1. The Morgan fingerprint density at radius 3 is 3.00 bits per heavy atom. The molecule has 1 aliphatic carbocycles. The quantitative estimate of drug-likeness (QED) is 0.896. The molecule has 1 saturated heterocycles. The van der Waals surface area contributed by atoms with E-state index in [1.807, 2.05) is 13.1 Å². The minimum atomic E-state index is -0.359. The van der Waals surface area contributed by atoms with Gasteiger partial charge in [-0.05, 0) is 25.3 Å². The van der Waals surface area contributed by atoms with Crippen molar-refractivity contribution in [3.8, 4) is 0 Å². The molecule has 22 heavy (non-hydrogen) atoms. The smallest absolute Gasteiger partial charge is 0.220 e. The summed E-state index contributed by atoms with van der Waals surface area (Å²) in [6.45, 7) is 1.12. The number of nitrogens with zero attached hydrogens (tertiary/aromatic N) is 2. The van der Waals surface area contributed by atoms with E-state index in [0.29, 0.717) is 26.0 Å². The predicted molar refractivity (Wildman–Crippen MR) is 81.2 cm³/mol. The number of nitrogens with one attached hydrogen (secondary N) is 1. The largest absolute Gasteiger partial charge is 0.353 e. The van der Waals surface area contributed by atoms with E-state index in [1.165, 1.54) is 19.3 Å². The molecule has 1 aliphatic heterocycles. The summed E-state index contributed by atoms with van der Waals surface area (Å²) < 4.78 is 13.7. The van der Waals surface area contributed by atoms with Crippen LogP contribution in [-0.4, -0.2) is 40.7 Å². The number of amides is 1. The fraction of sp³-hybridized carbons (Fsp3) is 0.750. The summed E-state index contributed by atoms with van der Waals surface area (Å²) in [7, 11) is 1.89. The van der Waals surface area contributed by atoms with Crippen molar-refractivity contribution in [2.24, 2.45) is 7.05 Å². The van der Waals surface area contributed by atoms with Crippen LogP contribution in [0.5, 0.6) is 0 Å². The lowest BCUT2D eigenvalue weighted by Crippen LogP contribution is -2.37. The Kier molecular flexibility index (Phi) is 4.78. The molecule has 1 aromatic rings. The number of carbonyl (C=O) groups is 1. The third-order valence-corrected chi connectivity index (χ3v) is 4.59. The summed E-state index contributed by atoms with van der Waals surface area (Å²) in [6, 6.07) is 1.94. The van der Waals surface area contributed by atoms with Gasteiger partial charge in [0.05, 0.1) is 6.61 Å². The summed E-state index contributed by atoms with van der Waals surface area (Å²) in [5, 5.41) is 7.06. The Morgan fingerprint density at radius 2 is 2.27 bits per heavy atom. The van der Waals surface area contributed by atoms with Gasteiger partial charge in [-0.2, -0.15) is 5.10 Å². The van der Waals surface area contributed by atoms with Gasteiger partial charge in [0.15, 0.2) is 5.79 Å². The molecule has 2 aliphatic rings. The highest BCUT2D eigenvalue weighted by atomic mass is 16.7. The zero-order valence-electron chi connectivity index (χ0n) is 13.2. The van der Waals surface area contributed by atoms with Crippen molar-refractivity contribution in [3.63, 3.8) is 0 Å². The Bertz CT molecular complexity index is 508. The van der Waals surface area contributed by atoms with Crippen LogP contribution in [0.4, 0.5) is 0 Å². The van der Waals surface area contributed by atoms with Crippen LogP contribution in [0, 0.1) is 0 Å². The summed E-state index contributed by atoms with van der Waals surface area (Å²) in [5.41, 5.74) is 1.07. The molecule has 1 N–H and O–H groups in total. The lowest BCUT2D eigenvalue weighted by molar-refractivity contribution is -0.186. The molecule has 2 heterocycles. The topological polar surface area (TPSA) is 65.4 Å². The fourth-order valence-electron chi connectivity index (χ4n) is 3.27. The van der Waals surface area contributed by atoms with E-state index < -0.39 is 0 Å². The van der Waals surface area contributed by atoms with Gasteiger partial charge < -0.3 is 14.8 Å². The van der Waals surface area contributed by atoms with Gasteiger partial charge in [-0.15, -0.1) is 0 Å². The van der Waals surface area contributed by atoms with E-state index in [2.05, 4.69) is 10.4 Å². The monoisotopic (exact) mass is 307 g/mol. The first-order chi connectivity index (χ1) is 10.7. The van der Waals surface area contributed by atoms with Crippen LogP contribution in [0.2, 0.25) is 0 Å². The lowest BCUT2D eigenvalue weighted by atomic mass is 9.94. The molecule has 1 amide bonds. The zero-order valence-corrected chi connectivity index (χ0v) is 13.2. The van der Waals surface area contributed by atoms with Crippen LogP contribution in [0.3, 0.4) is 0 Å². The first kappa shape index (κ1) is 15.5. The van der Waals surface area contributed by atoms with Crippen LogP contribution in [0.15, 0.2) is 12.3 Å². The van der Waals surface area contributed by atoms with Crippen molar-refractivity contribution in [2.75, 3.05) is 13.2 Å². The summed E-state index contributed by atoms with van der Waals surface area (Å²) in [6.07, 6.45) is 8.49. The van der Waals surface area contributed by atoms with Gasteiger partial charge in [0.1, 0.15) is 6.10 Å². The number of ether oxygens (including phenoxy) is 2. The highest BCUT2D eigenvalue weighted by Gasteiger charge is 2.42. The van der Waals surface area contributed by atoms with Crippen molar-refractivity contribution in [2.45, 2.75) is 56.8 Å². The molecule has 6 nitrogen and oxygen atoms in total. The average molecular weight is 307 g/mol. The van der Waals surface area contributed by atoms with E-state index >= 15 is 0 Å². The molecule has 0 aromatic carbocycles. The molecular formula is C16H25N3O3. The second-order valence-electron chi connectivity index (χ2n) is 6.27. The standard InChI is InChI=1S/C16H25N3O3/c1-19-13(7-10-18-19)5-6-15(20)17-11-14-12-21-16(22-14)8-3-2-4-9-16/h7,10,14H,2-6,8-9,11-12H2,1H3,(H,17,20)/t14-/m0/s1. The Labute approximate surface area is 131 Å². The van der Waals surface area contributed by atoms with Crippen molar-refractivity contribution >= 4 is 5.91 Å². The van der Waals surface area contributed by atoms with Gasteiger partial charge in [-0.1, -0.05) is 6.42 Å². The second-order valence-corrected chi connectivity index (χ2v) is 6.27. The number of rotatable bonds is 5. The van der Waals surface area contributed by atoms with Crippen LogP contribution in [0.1, 0.15) is 44.2 Å². The highest BCUT2D eigenvalue weighted by Crippen LogP contribution is 2.37. The normalized spacial score (nSPS) is 23.8. The van der Waals surface area contributed by atoms with Crippen molar-refractivity contribution < 1.29 is 14.3 Å². The molecule has 1 atom stereocenters. The maximum atomic E-state index is 11.9. The Balaban J connectivity index is 1.37. The molecule has 0 radical (unpaired) electrons. The molecule has 0 bridgehead atoms. The van der Waals surface area contributed by atoms with Gasteiger partial charge in [-0.3, -0.25) is 9.48 Å². The molecule has 3 rings (SSSR count). The molecule has 6 heteroatoms. The van der Waals surface area contributed by atoms with Crippen LogP contribution in [0.25, 0.3) is 0 Å². The van der Waals surface area contributed by atoms with Gasteiger partial charge in [0, 0.05) is 44.7 Å². The SMILES string of the molecule is Cn1nccc1CCC(=O)NC[C@H]1COC2(CCCCC2)O1. The second kappa shape index (κ2) is 6.79. The first-order valence-electron chi connectivity index (χ1n) is 8.22. The van der Waals surface area contributed by atoms with E-state index in [1.54, 1.807) is 10.9 Å². The number of hydrogen-bond donors (Lipinski definition) is 1. The molecule has 2 fully saturated rings. The van der Waals surface area contributed by atoms with Crippen molar-refractivity contribution in [1.29, 1.82) is 0 Å². The zero-order chi connectivity index (χ0) is 15.4. The van der Waals surface area contributed by atoms with Crippen LogP contribution in [-0.2, 0) is 27.7 Å². The Morgan fingerprint density at radius 1 is 1.45 bits per heavy atom. The maximum absolute atomic E-state index is 11.9. The van der Waals surface area contributed by atoms with E-state index in [0.717, 1.165) is 18.5 Å². The Hall–Kier alpha value is -1.40. The fourth-order valence-corrected chi connectivity index (χ4v) is 3.27. The minimum Gasteiger partial charge on any atom is -0.353 e. The average Bonchev–Trinajstić information content (AvgIpc) is 3.11. The van der Waals surface area contributed by atoms with E-state index in [-0.39, 0.29) is 17.8 Å². The number of aryl methyl sites for hydroxylation is 2. The molecular weight excluding hydrogens is 282 g/mol. The van der Waals surface area contributed by atoms with Gasteiger partial charge in [0.2, 0.25) is 5.91 Å². The molecule has 0 unspecified atom stereocenters.